The molecule has 6 N–H and O–H groups in total. The fourth-order valence-corrected chi connectivity index (χ4v) is 11.1. The zero-order valence-corrected chi connectivity index (χ0v) is 40.0. The molecule has 0 aliphatic carbocycles. The highest BCUT2D eigenvalue weighted by Gasteiger charge is 2.64. The molecular weight excluding hydrogens is 913 g/mol. The highest BCUT2D eigenvalue weighted by molar-refractivity contribution is 7.57. The predicted molar refractivity (Wildman–Crippen MR) is 232 cm³/mol. The number of rotatable bonds is 28. The van der Waals surface area contributed by atoms with E-state index in [-0.39, 0.29) is 108 Å². The second kappa shape index (κ2) is 26.0. The number of carbonyl (C=O) groups is 4. The Kier molecular flexibility index (Phi) is 21.5. The number of carbonyl (C=O) groups excluding carboxylic acids is 4. The average molecular weight is 980 g/mol. The van der Waals surface area contributed by atoms with E-state index in [2.05, 4.69) is 20.3 Å². The zero-order chi connectivity index (χ0) is 49.5. The number of nitrogen functional groups attached to an aromatic ring is 1. The van der Waals surface area contributed by atoms with Gasteiger partial charge in [-0.2, -0.15) is 4.98 Å². The summed E-state index contributed by atoms with van der Waals surface area (Å²) in [6.07, 6.45) is -6.30. The molecule has 2 aromatic heterocycles. The summed E-state index contributed by atoms with van der Waals surface area (Å²) in [6.45, 7) is 12.2. The van der Waals surface area contributed by atoms with Gasteiger partial charge >= 0.3 is 25.4 Å². The van der Waals surface area contributed by atoms with Gasteiger partial charge in [0.15, 0.2) is 29.7 Å². The van der Waals surface area contributed by atoms with E-state index in [0.29, 0.717) is 0 Å². The van der Waals surface area contributed by atoms with Crippen molar-refractivity contribution in [2.45, 2.75) is 122 Å². The van der Waals surface area contributed by atoms with Crippen LogP contribution in [0.3, 0.4) is 0 Å². The van der Waals surface area contributed by atoms with Gasteiger partial charge in [-0.05, 0) is 27.7 Å². The fraction of sp³-hybridized carbons (Fsp3) is 0.775. The van der Waals surface area contributed by atoms with E-state index >= 15 is 4.57 Å². The van der Waals surface area contributed by atoms with Crippen LogP contribution < -0.4 is 16.6 Å². The first-order valence-corrected chi connectivity index (χ1v) is 23.4. The standard InChI is InChI=1S/C40H66N7O19P/c1-23(2)47(24(3)4)67(55,40(19-29(53)30(20-48)66-40)46-22-42-33-36(46)44-39(41)45-37(33)54)62-18-16-59-14-12-57-10-9-56-11-13-58-15-17-60-38-32(43-25(5)49)35(64-28(8)52)34(63-27(7)51)31(65-38)21-61-26(6)50/h22-24,29-32,34-35,38,48,53H,9-21H2,1-8H3,(H,43,49)(H3,41,44,45,54)/t29-,30+,31+,32+,34-,35+,38+,40-,67?/m0/s1. The number of aliphatic hydroxyl groups excluding tert-OH is 2. The average Bonchev–Trinajstić information content (AvgIpc) is 3.82. The van der Waals surface area contributed by atoms with E-state index in [0.717, 1.165) is 13.8 Å². The number of ether oxygens (including phenoxy) is 10. The third kappa shape index (κ3) is 14.7. The van der Waals surface area contributed by atoms with Crippen molar-refractivity contribution in [1.82, 2.24) is 29.5 Å². The number of aromatic nitrogens is 4. The van der Waals surface area contributed by atoms with Gasteiger partial charge in [0, 0.05) is 46.2 Å². The van der Waals surface area contributed by atoms with Gasteiger partial charge in [0.25, 0.3) is 5.56 Å². The molecule has 2 aromatic rings. The number of imidazole rings is 1. The van der Waals surface area contributed by atoms with E-state index < -0.39 is 91.8 Å². The second-order valence-corrected chi connectivity index (χ2v) is 18.5. The topological polar surface area (TPSA) is 332 Å². The van der Waals surface area contributed by atoms with E-state index in [4.69, 9.17) is 57.6 Å². The predicted octanol–water partition coefficient (Wildman–Crippen LogP) is -0.478. The maximum Gasteiger partial charge on any atom is 0.325 e. The Morgan fingerprint density at radius 3 is 1.96 bits per heavy atom. The summed E-state index contributed by atoms with van der Waals surface area (Å²) in [5, 5.41) is 23.8. The van der Waals surface area contributed by atoms with Gasteiger partial charge < -0.3 is 73.2 Å². The number of aromatic amines is 1. The third-order valence-electron chi connectivity index (χ3n) is 10.2. The smallest absolute Gasteiger partial charge is 0.325 e. The highest BCUT2D eigenvalue weighted by Crippen LogP contribution is 2.70. The Bertz CT molecular complexity index is 2030. The molecule has 4 rings (SSSR count). The lowest BCUT2D eigenvalue weighted by atomic mass is 9.96. The first-order valence-electron chi connectivity index (χ1n) is 21.8. The van der Waals surface area contributed by atoms with Gasteiger partial charge in [0.2, 0.25) is 17.3 Å². The molecule has 2 aliphatic rings. The lowest BCUT2D eigenvalue weighted by Crippen LogP contribution is -2.66. The summed E-state index contributed by atoms with van der Waals surface area (Å²) >= 11 is 0. The molecule has 2 aliphatic heterocycles. The number of amides is 1. The number of H-pyrrole nitrogens is 1. The molecule has 0 bridgehead atoms. The van der Waals surface area contributed by atoms with Gasteiger partial charge in [-0.1, -0.05) is 0 Å². The third-order valence-corrected chi connectivity index (χ3v) is 13.7. The maximum absolute atomic E-state index is 15.6. The molecule has 27 heteroatoms. The molecule has 1 amide bonds. The maximum atomic E-state index is 15.6. The summed E-state index contributed by atoms with van der Waals surface area (Å²) in [7, 11) is -4.29. The van der Waals surface area contributed by atoms with Crippen LogP contribution in [0.25, 0.3) is 11.2 Å². The molecule has 2 fully saturated rings. The van der Waals surface area contributed by atoms with Crippen LogP contribution in [0.1, 0.15) is 61.8 Å². The molecule has 9 atom stereocenters. The highest BCUT2D eigenvalue weighted by atomic mass is 31.2. The van der Waals surface area contributed by atoms with E-state index in [9.17, 15) is 34.2 Å². The summed E-state index contributed by atoms with van der Waals surface area (Å²) in [5.74, 6) is -2.80. The minimum absolute atomic E-state index is 0.0102. The van der Waals surface area contributed by atoms with Crippen molar-refractivity contribution in [2.24, 2.45) is 0 Å². The molecule has 2 saturated heterocycles. The van der Waals surface area contributed by atoms with Gasteiger partial charge in [-0.15, -0.1) is 0 Å². The molecular formula is C40H66N7O19P. The van der Waals surface area contributed by atoms with E-state index in [1.807, 2.05) is 27.7 Å². The van der Waals surface area contributed by atoms with Gasteiger partial charge in [0.1, 0.15) is 31.2 Å². The van der Waals surface area contributed by atoms with E-state index in [1.165, 1.54) is 24.7 Å². The number of aliphatic hydroxyl groups is 2. The molecule has 0 spiro atoms. The Morgan fingerprint density at radius 1 is 0.896 bits per heavy atom. The quantitative estimate of drug-likeness (QED) is 0.0311. The Hall–Kier alpha value is -4.18. The van der Waals surface area contributed by atoms with E-state index in [1.54, 1.807) is 4.67 Å². The zero-order valence-electron chi connectivity index (χ0n) is 39.1. The minimum atomic E-state index is -4.29. The monoisotopic (exact) mass is 979 g/mol. The van der Waals surface area contributed by atoms with Crippen molar-refractivity contribution >= 4 is 48.4 Å². The molecule has 0 saturated carbocycles. The van der Waals surface area contributed by atoms with Gasteiger partial charge in [-0.25, -0.2) is 9.65 Å². The number of nitrogens with two attached hydrogens (primary N) is 1. The number of hydrogen-bond donors (Lipinski definition) is 5. The number of anilines is 1. The number of hydrogen-bond acceptors (Lipinski definition) is 22. The van der Waals surface area contributed by atoms with Crippen LogP contribution in [-0.2, 0) is 81.1 Å². The summed E-state index contributed by atoms with van der Waals surface area (Å²) in [5.41, 5.74) is 3.10. The van der Waals surface area contributed by atoms with Crippen LogP contribution in [0.2, 0.25) is 0 Å². The lowest BCUT2D eigenvalue weighted by Gasteiger charge is -2.46. The number of fused-ring (bicyclic) bond motifs is 1. The number of nitrogens with one attached hydrogen (secondary N) is 2. The van der Waals surface area contributed by atoms with Crippen LogP contribution in [-0.4, -0.2) is 192 Å². The van der Waals surface area contributed by atoms with Gasteiger partial charge in [0.05, 0.1) is 78.8 Å². The molecule has 26 nitrogen and oxygen atoms in total. The van der Waals surface area contributed by atoms with Crippen molar-refractivity contribution in [1.29, 1.82) is 0 Å². The molecule has 0 aromatic carbocycles. The Balaban J connectivity index is 1.22. The second-order valence-electron chi connectivity index (χ2n) is 16.1. The van der Waals surface area contributed by atoms with Crippen molar-refractivity contribution in [3.8, 4) is 0 Å². The van der Waals surface area contributed by atoms with Crippen molar-refractivity contribution in [2.75, 3.05) is 85.0 Å². The van der Waals surface area contributed by atoms with Crippen LogP contribution in [0.4, 0.5) is 5.95 Å². The minimum Gasteiger partial charge on any atom is -0.463 e. The van der Waals surface area contributed by atoms with Crippen molar-refractivity contribution < 1.29 is 85.8 Å². The first kappa shape index (κ1) is 55.4. The molecule has 4 heterocycles. The van der Waals surface area contributed by atoms with Crippen LogP contribution >= 0.6 is 7.52 Å². The molecule has 67 heavy (non-hydrogen) atoms. The fourth-order valence-electron chi connectivity index (χ4n) is 7.78. The molecule has 0 radical (unpaired) electrons. The summed E-state index contributed by atoms with van der Waals surface area (Å²) in [4.78, 5) is 71.2. The number of nitrogens with zero attached hydrogens (tertiary/aromatic N) is 4. The summed E-state index contributed by atoms with van der Waals surface area (Å²) in [6, 6.07) is -1.85. The molecule has 1 unspecified atom stereocenters. The largest absolute Gasteiger partial charge is 0.463 e. The lowest BCUT2D eigenvalue weighted by molar-refractivity contribution is -0.279. The summed E-state index contributed by atoms with van der Waals surface area (Å²) < 4.78 is 81.4. The SMILES string of the molecule is CC(=O)N[C@H]1[C@H](OCCOCCOCCOCCOCCOP(=O)(N(C(C)C)C(C)C)[C@]2(n3cnc4c(=O)[nH]c(N)nc43)C[C@H](O)[C@@H](CO)O2)O[C@H](COC(C)=O)[C@H](OC(C)=O)[C@@H]1OC(C)=O. The van der Waals surface area contributed by atoms with Crippen molar-refractivity contribution in [3.63, 3.8) is 0 Å². The van der Waals surface area contributed by atoms with Gasteiger partial charge in [-0.3, -0.25) is 38.1 Å². The Labute approximate surface area is 387 Å². The normalized spacial score (nSPS) is 25.1. The first-order chi connectivity index (χ1) is 31.8. The van der Waals surface area contributed by atoms with Crippen molar-refractivity contribution in [3.05, 3.63) is 16.7 Å². The van der Waals surface area contributed by atoms with Crippen LogP contribution in [0, 0.1) is 0 Å². The number of esters is 3. The Morgan fingerprint density at radius 2 is 1.45 bits per heavy atom. The van der Waals surface area contributed by atoms with Crippen LogP contribution in [0.5, 0.6) is 0 Å². The van der Waals surface area contributed by atoms with Crippen LogP contribution in [0.15, 0.2) is 11.1 Å². The molecule has 380 valence electrons.